The molecule has 0 amide bonds. The van der Waals surface area contributed by atoms with Gasteiger partial charge < -0.3 is 0 Å². The fourth-order valence-corrected chi connectivity index (χ4v) is 7.05. The zero-order valence-electron chi connectivity index (χ0n) is 25.8. The number of nitrogens with zero attached hydrogens (tertiary/aromatic N) is 1. The molecule has 0 fully saturated rings. The van der Waals surface area contributed by atoms with Gasteiger partial charge in [0.2, 0.25) is 0 Å². The number of hydrogen-bond acceptors (Lipinski definition) is 1. The smallest absolute Gasteiger partial charge is 0.0701 e. The van der Waals surface area contributed by atoms with E-state index < -0.39 is 0 Å². The highest BCUT2D eigenvalue weighted by Gasteiger charge is 2.19. The van der Waals surface area contributed by atoms with E-state index in [4.69, 9.17) is 0 Å². The van der Waals surface area contributed by atoms with E-state index in [9.17, 15) is 0 Å². The normalized spacial score (nSPS) is 12.8. The summed E-state index contributed by atoms with van der Waals surface area (Å²) in [4.78, 5) is 4.51. The predicted octanol–water partition coefficient (Wildman–Crippen LogP) is 12.0. The average Bonchev–Trinajstić information content (AvgIpc) is 3.10. The zero-order valence-corrected chi connectivity index (χ0v) is 25.8. The van der Waals surface area contributed by atoms with Crippen molar-refractivity contribution >= 4 is 33.2 Å². The summed E-state index contributed by atoms with van der Waals surface area (Å²) in [6.07, 6.45) is 6.31. The third-order valence-electron chi connectivity index (χ3n) is 9.44. The van der Waals surface area contributed by atoms with Gasteiger partial charge >= 0.3 is 0 Å². The maximum absolute atomic E-state index is 4.51. The van der Waals surface area contributed by atoms with Crippen LogP contribution >= 0.6 is 0 Å². The van der Waals surface area contributed by atoms with Crippen molar-refractivity contribution < 1.29 is 0 Å². The summed E-state index contributed by atoms with van der Waals surface area (Å²) >= 11 is 0. The largest absolute Gasteiger partial charge is 0.256 e. The summed E-state index contributed by atoms with van der Waals surface area (Å²) in [6, 6.07) is 49.1. The Kier molecular flexibility index (Phi) is 6.88. The first-order chi connectivity index (χ1) is 22.1. The molecule has 0 radical (unpaired) electrons. The quantitative estimate of drug-likeness (QED) is 0.185. The minimum Gasteiger partial charge on any atom is -0.256 e. The summed E-state index contributed by atoms with van der Waals surface area (Å²) in [7, 11) is 0. The first-order valence-corrected chi connectivity index (χ1v) is 16.0. The van der Waals surface area contributed by atoms with Gasteiger partial charge in [-0.3, -0.25) is 4.98 Å². The molecule has 7 aromatic rings. The number of aryl methyl sites for hydroxylation is 1. The molecule has 0 aliphatic heterocycles. The zero-order chi connectivity index (χ0) is 30.3. The van der Waals surface area contributed by atoms with Crippen LogP contribution in [0.2, 0.25) is 0 Å². The standard InChI is InChI=1S/C44H35N/c1-29(2)30-14-20-33(21-15-30)43-38-9-3-5-11-40(38)44(41-12-6-4-10-39(41)43)37-25-24-35-27-34(22-23-36(35)28-37)31-16-18-32(19-17-31)42-13-7-8-26-45-42/h3-21,24-29H,22-23H2,1-2H3. The van der Waals surface area contributed by atoms with Crippen LogP contribution in [0.25, 0.3) is 66.7 Å². The maximum atomic E-state index is 4.51. The second-order valence-electron chi connectivity index (χ2n) is 12.5. The van der Waals surface area contributed by atoms with Crippen molar-refractivity contribution in [3.05, 3.63) is 162 Å². The van der Waals surface area contributed by atoms with Gasteiger partial charge in [0.25, 0.3) is 0 Å². The van der Waals surface area contributed by atoms with Crippen molar-refractivity contribution in [1.82, 2.24) is 4.98 Å². The van der Waals surface area contributed by atoms with E-state index >= 15 is 0 Å². The van der Waals surface area contributed by atoms with E-state index in [1.807, 2.05) is 18.3 Å². The number of fused-ring (bicyclic) bond motifs is 3. The van der Waals surface area contributed by atoms with Gasteiger partial charge in [-0.05, 0) is 103 Å². The number of pyridine rings is 1. The molecule has 0 unspecified atom stereocenters. The highest BCUT2D eigenvalue weighted by Crippen LogP contribution is 2.44. The van der Waals surface area contributed by atoms with Crippen LogP contribution in [0.3, 0.4) is 0 Å². The Balaban J connectivity index is 1.21. The van der Waals surface area contributed by atoms with Gasteiger partial charge in [-0.1, -0.05) is 141 Å². The lowest BCUT2D eigenvalue weighted by molar-refractivity contribution is 0.867. The molecule has 0 bridgehead atoms. The lowest BCUT2D eigenvalue weighted by Crippen LogP contribution is -2.00. The van der Waals surface area contributed by atoms with E-state index in [2.05, 4.69) is 146 Å². The third-order valence-corrected chi connectivity index (χ3v) is 9.44. The van der Waals surface area contributed by atoms with Crippen molar-refractivity contribution in [2.45, 2.75) is 32.6 Å². The van der Waals surface area contributed by atoms with Gasteiger partial charge in [-0.25, -0.2) is 0 Å². The Hall–Kier alpha value is -5.27. The van der Waals surface area contributed by atoms with Crippen molar-refractivity contribution in [2.24, 2.45) is 0 Å². The summed E-state index contributed by atoms with van der Waals surface area (Å²) in [6.45, 7) is 4.51. The van der Waals surface area contributed by atoms with Gasteiger partial charge in [0.15, 0.2) is 0 Å². The van der Waals surface area contributed by atoms with Crippen molar-refractivity contribution in [3.8, 4) is 33.5 Å². The maximum Gasteiger partial charge on any atom is 0.0701 e. The molecule has 0 atom stereocenters. The van der Waals surface area contributed by atoms with Crippen LogP contribution in [0.15, 0.2) is 140 Å². The second kappa shape index (κ2) is 11.3. The molecule has 0 saturated carbocycles. The van der Waals surface area contributed by atoms with Crippen molar-refractivity contribution in [1.29, 1.82) is 0 Å². The Morgan fingerprint density at radius 3 is 1.67 bits per heavy atom. The molecule has 45 heavy (non-hydrogen) atoms. The lowest BCUT2D eigenvalue weighted by atomic mass is 9.83. The van der Waals surface area contributed by atoms with Gasteiger partial charge in [0.1, 0.15) is 0 Å². The summed E-state index contributed by atoms with van der Waals surface area (Å²) in [5, 5.41) is 5.22. The summed E-state index contributed by atoms with van der Waals surface area (Å²) < 4.78 is 0. The fourth-order valence-electron chi connectivity index (χ4n) is 7.05. The molecule has 1 nitrogen and oxygen atoms in total. The Morgan fingerprint density at radius 1 is 0.511 bits per heavy atom. The summed E-state index contributed by atoms with van der Waals surface area (Å²) in [5.41, 5.74) is 14.2. The minimum atomic E-state index is 0.516. The van der Waals surface area contributed by atoms with E-state index in [0.29, 0.717) is 5.92 Å². The van der Waals surface area contributed by atoms with Gasteiger partial charge in [-0.15, -0.1) is 0 Å². The topological polar surface area (TPSA) is 12.9 Å². The molecule has 6 aromatic carbocycles. The van der Waals surface area contributed by atoms with Crippen molar-refractivity contribution in [3.63, 3.8) is 0 Å². The van der Waals surface area contributed by atoms with Crippen LogP contribution in [0, 0.1) is 0 Å². The van der Waals surface area contributed by atoms with Crippen molar-refractivity contribution in [2.75, 3.05) is 0 Å². The molecule has 1 heterocycles. The molecule has 0 saturated heterocycles. The molecular formula is C44H35N. The van der Waals surface area contributed by atoms with Crippen LogP contribution in [0.5, 0.6) is 0 Å². The molecule has 0 N–H and O–H groups in total. The van der Waals surface area contributed by atoms with Crippen LogP contribution in [-0.2, 0) is 6.42 Å². The summed E-state index contributed by atoms with van der Waals surface area (Å²) in [5.74, 6) is 0.516. The first kappa shape index (κ1) is 27.3. The molecular weight excluding hydrogens is 542 g/mol. The minimum absolute atomic E-state index is 0.516. The number of hydrogen-bond donors (Lipinski definition) is 0. The number of rotatable bonds is 5. The predicted molar refractivity (Wildman–Crippen MR) is 192 cm³/mol. The number of benzene rings is 6. The fraction of sp³-hybridized carbons (Fsp3) is 0.114. The molecule has 1 aromatic heterocycles. The number of allylic oxidation sites excluding steroid dienone is 1. The van der Waals surface area contributed by atoms with Gasteiger partial charge in [-0.2, -0.15) is 0 Å². The molecule has 8 rings (SSSR count). The SMILES string of the molecule is CC(C)c1ccc(-c2c3ccccc3c(-c3ccc4c(c3)CCC(c3ccc(-c5ccccn5)cc3)=C4)c3ccccc23)cc1. The molecule has 1 aliphatic rings. The highest BCUT2D eigenvalue weighted by molar-refractivity contribution is 6.21. The van der Waals surface area contributed by atoms with Crippen LogP contribution in [0.1, 0.15) is 48.4 Å². The monoisotopic (exact) mass is 577 g/mol. The van der Waals surface area contributed by atoms with Crippen LogP contribution in [0.4, 0.5) is 0 Å². The van der Waals surface area contributed by atoms with E-state index in [1.165, 1.54) is 71.6 Å². The molecule has 0 spiro atoms. The first-order valence-electron chi connectivity index (χ1n) is 16.0. The van der Waals surface area contributed by atoms with E-state index in [0.717, 1.165) is 24.1 Å². The third kappa shape index (κ3) is 4.95. The average molecular weight is 578 g/mol. The van der Waals surface area contributed by atoms with E-state index in [-0.39, 0.29) is 0 Å². The second-order valence-corrected chi connectivity index (χ2v) is 12.5. The highest BCUT2D eigenvalue weighted by atomic mass is 14.7. The van der Waals surface area contributed by atoms with Gasteiger partial charge in [0, 0.05) is 11.8 Å². The lowest BCUT2D eigenvalue weighted by Gasteiger charge is -2.21. The molecule has 1 aliphatic carbocycles. The van der Waals surface area contributed by atoms with Gasteiger partial charge in [0.05, 0.1) is 5.69 Å². The van der Waals surface area contributed by atoms with Crippen LogP contribution < -0.4 is 0 Å². The number of aromatic nitrogens is 1. The Bertz CT molecular complexity index is 2150. The molecule has 216 valence electrons. The van der Waals surface area contributed by atoms with E-state index in [1.54, 1.807) is 0 Å². The Labute approximate surface area is 265 Å². The Morgan fingerprint density at radius 2 is 1.07 bits per heavy atom. The molecule has 1 heteroatoms. The van der Waals surface area contributed by atoms with Crippen LogP contribution in [-0.4, -0.2) is 4.98 Å².